The number of rotatable bonds is 5. The number of aliphatic hydroxyl groups is 1. The summed E-state index contributed by atoms with van der Waals surface area (Å²) in [5, 5.41) is 11.6. The summed E-state index contributed by atoms with van der Waals surface area (Å²) in [4.78, 5) is 12.2. The summed E-state index contributed by atoms with van der Waals surface area (Å²) in [5.41, 5.74) is 8.30. The molecule has 21 heavy (non-hydrogen) atoms. The van der Waals surface area contributed by atoms with Gasteiger partial charge in [0, 0.05) is 24.0 Å². The highest BCUT2D eigenvalue weighted by Gasteiger charge is 2.10. The van der Waals surface area contributed by atoms with Crippen molar-refractivity contribution in [1.82, 2.24) is 0 Å². The quantitative estimate of drug-likeness (QED) is 0.735. The molecule has 0 aromatic heterocycles. The Bertz CT molecular complexity index is 624. The predicted molar refractivity (Wildman–Crippen MR) is 82.6 cm³/mol. The van der Waals surface area contributed by atoms with Gasteiger partial charge >= 0.3 is 0 Å². The Morgan fingerprint density at radius 1 is 1.24 bits per heavy atom. The Kier molecular flexibility index (Phi) is 4.79. The molecular formula is C16H18N2O3. The first-order chi connectivity index (χ1) is 10.1. The average molecular weight is 286 g/mol. The molecule has 0 fully saturated rings. The van der Waals surface area contributed by atoms with E-state index in [-0.39, 0.29) is 12.5 Å². The number of amides is 1. The first kappa shape index (κ1) is 14.9. The van der Waals surface area contributed by atoms with Gasteiger partial charge in [-0.2, -0.15) is 0 Å². The minimum atomic E-state index is -0.273. The molecule has 0 saturated carbocycles. The largest absolute Gasteiger partial charge is 0.497 e. The van der Waals surface area contributed by atoms with Crippen molar-refractivity contribution in [1.29, 1.82) is 0 Å². The molecule has 0 unspecified atom stereocenters. The van der Waals surface area contributed by atoms with Crippen molar-refractivity contribution in [2.45, 2.75) is 6.42 Å². The molecule has 0 aliphatic rings. The van der Waals surface area contributed by atoms with E-state index >= 15 is 0 Å². The topological polar surface area (TPSA) is 84.6 Å². The number of nitrogens with one attached hydrogen (secondary N) is 1. The van der Waals surface area contributed by atoms with Crippen molar-refractivity contribution in [2.24, 2.45) is 0 Å². The highest BCUT2D eigenvalue weighted by molar-refractivity contribution is 6.07. The first-order valence-electron chi connectivity index (χ1n) is 6.58. The van der Waals surface area contributed by atoms with Crippen LogP contribution in [-0.4, -0.2) is 24.7 Å². The van der Waals surface area contributed by atoms with Crippen LogP contribution in [0.2, 0.25) is 0 Å². The second-order valence-corrected chi connectivity index (χ2v) is 4.58. The van der Waals surface area contributed by atoms with Crippen LogP contribution < -0.4 is 15.8 Å². The third-order valence-electron chi connectivity index (χ3n) is 3.12. The van der Waals surface area contributed by atoms with Gasteiger partial charge in [-0.15, -0.1) is 0 Å². The van der Waals surface area contributed by atoms with Crippen LogP contribution in [-0.2, 0) is 6.42 Å². The maximum atomic E-state index is 12.2. The monoisotopic (exact) mass is 286 g/mol. The minimum Gasteiger partial charge on any atom is -0.497 e. The lowest BCUT2D eigenvalue weighted by Gasteiger charge is -2.09. The highest BCUT2D eigenvalue weighted by atomic mass is 16.5. The number of ether oxygens (including phenoxy) is 1. The van der Waals surface area contributed by atoms with Gasteiger partial charge in [0.15, 0.2) is 0 Å². The van der Waals surface area contributed by atoms with E-state index in [2.05, 4.69) is 5.32 Å². The lowest BCUT2D eigenvalue weighted by molar-refractivity contribution is 0.102. The number of benzene rings is 2. The summed E-state index contributed by atoms with van der Waals surface area (Å²) in [6, 6.07) is 12.2. The molecule has 0 heterocycles. The SMILES string of the molecule is COc1ccc(C(=O)Nc2ccc(CCO)cc2)c(N)c1. The van der Waals surface area contributed by atoms with Crippen molar-refractivity contribution >= 4 is 17.3 Å². The zero-order chi connectivity index (χ0) is 15.2. The zero-order valence-corrected chi connectivity index (χ0v) is 11.8. The number of nitrogens with two attached hydrogens (primary N) is 1. The van der Waals surface area contributed by atoms with Crippen LogP contribution in [0, 0.1) is 0 Å². The van der Waals surface area contributed by atoms with Gasteiger partial charge in [-0.3, -0.25) is 4.79 Å². The van der Waals surface area contributed by atoms with Crippen LogP contribution in [0.1, 0.15) is 15.9 Å². The Morgan fingerprint density at radius 2 is 1.95 bits per heavy atom. The molecule has 0 bridgehead atoms. The molecule has 0 atom stereocenters. The third kappa shape index (κ3) is 3.73. The summed E-state index contributed by atoms with van der Waals surface area (Å²) in [6.45, 7) is 0.105. The average Bonchev–Trinajstić information content (AvgIpc) is 2.49. The van der Waals surface area contributed by atoms with Crippen molar-refractivity contribution < 1.29 is 14.6 Å². The van der Waals surface area contributed by atoms with Crippen molar-refractivity contribution in [3.8, 4) is 5.75 Å². The van der Waals surface area contributed by atoms with Gasteiger partial charge in [0.25, 0.3) is 5.91 Å². The Balaban J connectivity index is 2.10. The van der Waals surface area contributed by atoms with E-state index in [4.69, 9.17) is 15.6 Å². The van der Waals surface area contributed by atoms with Crippen LogP contribution in [0.5, 0.6) is 5.75 Å². The molecule has 0 spiro atoms. The Morgan fingerprint density at radius 3 is 2.52 bits per heavy atom. The fourth-order valence-electron chi connectivity index (χ4n) is 1.96. The number of carbonyl (C=O) groups excluding carboxylic acids is 1. The zero-order valence-electron chi connectivity index (χ0n) is 11.8. The molecule has 2 aromatic rings. The van der Waals surface area contributed by atoms with Gasteiger partial charge in [-0.05, 0) is 36.2 Å². The molecule has 5 nitrogen and oxygen atoms in total. The summed E-state index contributed by atoms with van der Waals surface area (Å²) in [5.74, 6) is 0.336. The third-order valence-corrected chi connectivity index (χ3v) is 3.12. The van der Waals surface area contributed by atoms with Crippen molar-refractivity contribution in [3.05, 3.63) is 53.6 Å². The van der Waals surface area contributed by atoms with Crippen LogP contribution in [0.3, 0.4) is 0 Å². The molecule has 0 saturated heterocycles. The Hall–Kier alpha value is -2.53. The first-order valence-corrected chi connectivity index (χ1v) is 6.58. The molecule has 2 aromatic carbocycles. The normalized spacial score (nSPS) is 10.2. The van der Waals surface area contributed by atoms with Crippen LogP contribution >= 0.6 is 0 Å². The summed E-state index contributed by atoms with van der Waals surface area (Å²) < 4.78 is 5.05. The van der Waals surface area contributed by atoms with Gasteiger partial charge in [-0.25, -0.2) is 0 Å². The van der Waals surface area contributed by atoms with Gasteiger partial charge in [0.1, 0.15) is 5.75 Å². The van der Waals surface area contributed by atoms with E-state index < -0.39 is 0 Å². The fourth-order valence-corrected chi connectivity index (χ4v) is 1.96. The number of anilines is 2. The van der Waals surface area contributed by atoms with Crippen molar-refractivity contribution in [2.75, 3.05) is 24.8 Å². The molecule has 5 heteroatoms. The summed E-state index contributed by atoms with van der Waals surface area (Å²) in [6.07, 6.45) is 0.597. The van der Waals surface area contributed by atoms with E-state index in [0.717, 1.165) is 5.56 Å². The van der Waals surface area contributed by atoms with Crippen LogP contribution in [0.15, 0.2) is 42.5 Å². The molecule has 110 valence electrons. The van der Waals surface area contributed by atoms with Crippen molar-refractivity contribution in [3.63, 3.8) is 0 Å². The maximum Gasteiger partial charge on any atom is 0.257 e. The number of nitrogen functional groups attached to an aromatic ring is 1. The fraction of sp³-hybridized carbons (Fsp3) is 0.188. The second kappa shape index (κ2) is 6.76. The van der Waals surface area contributed by atoms with Gasteiger partial charge in [0.05, 0.1) is 12.7 Å². The Labute approximate surface area is 123 Å². The smallest absolute Gasteiger partial charge is 0.257 e. The predicted octanol–water partition coefficient (Wildman–Crippen LogP) is 2.06. The minimum absolute atomic E-state index is 0.105. The molecule has 1 amide bonds. The lowest BCUT2D eigenvalue weighted by Crippen LogP contribution is -2.14. The van der Waals surface area contributed by atoms with E-state index in [1.165, 1.54) is 0 Å². The highest BCUT2D eigenvalue weighted by Crippen LogP contribution is 2.21. The number of hydrogen-bond donors (Lipinski definition) is 3. The van der Waals surface area contributed by atoms with Gasteiger partial charge in [-0.1, -0.05) is 12.1 Å². The molecule has 0 aliphatic carbocycles. The number of aliphatic hydroxyl groups excluding tert-OH is 1. The summed E-state index contributed by atoms with van der Waals surface area (Å²) in [7, 11) is 1.54. The molecule has 2 rings (SSSR count). The number of carbonyl (C=O) groups is 1. The van der Waals surface area contributed by atoms with E-state index in [9.17, 15) is 4.79 Å². The maximum absolute atomic E-state index is 12.2. The molecule has 0 aliphatic heterocycles. The van der Waals surface area contributed by atoms with Crippen LogP contribution in [0.4, 0.5) is 11.4 Å². The molecule has 4 N–H and O–H groups in total. The number of hydrogen-bond acceptors (Lipinski definition) is 4. The standard InChI is InChI=1S/C16H18N2O3/c1-21-13-6-7-14(15(17)10-13)16(20)18-12-4-2-11(3-5-12)8-9-19/h2-7,10,19H,8-9,17H2,1H3,(H,18,20). The molecular weight excluding hydrogens is 268 g/mol. The van der Waals surface area contributed by atoms with Gasteiger partial charge < -0.3 is 20.9 Å². The van der Waals surface area contributed by atoms with E-state index in [1.54, 1.807) is 37.4 Å². The molecule has 0 radical (unpaired) electrons. The van der Waals surface area contributed by atoms with Gasteiger partial charge in [0.2, 0.25) is 0 Å². The number of methoxy groups -OCH3 is 1. The lowest BCUT2D eigenvalue weighted by atomic mass is 10.1. The van der Waals surface area contributed by atoms with E-state index in [0.29, 0.717) is 29.1 Å². The summed E-state index contributed by atoms with van der Waals surface area (Å²) >= 11 is 0. The second-order valence-electron chi connectivity index (χ2n) is 4.58. The van der Waals surface area contributed by atoms with Crippen LogP contribution in [0.25, 0.3) is 0 Å². The van der Waals surface area contributed by atoms with E-state index in [1.807, 2.05) is 12.1 Å².